The van der Waals surface area contributed by atoms with E-state index in [-0.39, 0.29) is 0 Å². The van der Waals surface area contributed by atoms with Gasteiger partial charge in [0.05, 0.1) is 17.0 Å². The minimum atomic E-state index is 0.625. The highest BCUT2D eigenvalue weighted by Gasteiger charge is 2.14. The zero-order valence-corrected chi connectivity index (χ0v) is 8.40. The molecular formula is C9H12N4O. The topological polar surface area (TPSA) is 69.9 Å². The molecule has 0 aliphatic carbocycles. The summed E-state index contributed by atoms with van der Waals surface area (Å²) in [5.74, 6) is 1.39. The van der Waals surface area contributed by atoms with Crippen molar-refractivity contribution in [3.63, 3.8) is 0 Å². The first-order valence-electron chi connectivity index (χ1n) is 4.32. The molecular weight excluding hydrogens is 180 g/mol. The molecule has 5 heteroatoms. The van der Waals surface area contributed by atoms with Gasteiger partial charge in [0, 0.05) is 13.1 Å². The van der Waals surface area contributed by atoms with Gasteiger partial charge in [0.25, 0.3) is 0 Å². The quantitative estimate of drug-likeness (QED) is 0.738. The SMILES string of the molecule is Cc1noc(C)c1-c1cc(N)n(C)n1. The molecule has 0 atom stereocenters. The van der Waals surface area contributed by atoms with Gasteiger partial charge < -0.3 is 10.3 Å². The van der Waals surface area contributed by atoms with Gasteiger partial charge in [0.15, 0.2) is 0 Å². The fourth-order valence-electron chi connectivity index (χ4n) is 1.45. The molecule has 2 heterocycles. The lowest BCUT2D eigenvalue weighted by Crippen LogP contribution is -1.96. The number of rotatable bonds is 1. The number of aromatic nitrogens is 3. The minimum Gasteiger partial charge on any atom is -0.384 e. The summed E-state index contributed by atoms with van der Waals surface area (Å²) in [7, 11) is 1.80. The standard InChI is InChI=1S/C9H12N4O/c1-5-9(6(2)14-12-5)7-4-8(10)13(3)11-7/h4H,10H2,1-3H3. The molecule has 0 unspecified atom stereocenters. The zero-order chi connectivity index (χ0) is 10.3. The maximum absolute atomic E-state index is 5.70. The average molecular weight is 192 g/mol. The van der Waals surface area contributed by atoms with Gasteiger partial charge in [-0.15, -0.1) is 0 Å². The molecule has 0 radical (unpaired) electrons. The highest BCUT2D eigenvalue weighted by atomic mass is 16.5. The van der Waals surface area contributed by atoms with E-state index in [9.17, 15) is 0 Å². The van der Waals surface area contributed by atoms with Crippen LogP contribution in [0.2, 0.25) is 0 Å². The van der Waals surface area contributed by atoms with Gasteiger partial charge in [-0.1, -0.05) is 5.16 Å². The average Bonchev–Trinajstić information content (AvgIpc) is 2.59. The highest BCUT2D eigenvalue weighted by molar-refractivity contribution is 5.66. The van der Waals surface area contributed by atoms with Crippen molar-refractivity contribution in [2.75, 3.05) is 5.73 Å². The van der Waals surface area contributed by atoms with Crippen LogP contribution in [-0.4, -0.2) is 14.9 Å². The van der Waals surface area contributed by atoms with Crippen LogP contribution in [0.4, 0.5) is 5.82 Å². The first kappa shape index (κ1) is 8.80. The number of aryl methyl sites for hydroxylation is 3. The van der Waals surface area contributed by atoms with Crippen molar-refractivity contribution in [2.45, 2.75) is 13.8 Å². The van der Waals surface area contributed by atoms with Crippen LogP contribution in [0.15, 0.2) is 10.6 Å². The number of nitrogen functional groups attached to an aromatic ring is 1. The molecule has 14 heavy (non-hydrogen) atoms. The zero-order valence-electron chi connectivity index (χ0n) is 8.40. The third-order valence-electron chi connectivity index (χ3n) is 2.21. The first-order chi connectivity index (χ1) is 6.59. The van der Waals surface area contributed by atoms with Gasteiger partial charge in [-0.05, 0) is 13.8 Å². The number of hydrogen-bond donors (Lipinski definition) is 1. The van der Waals surface area contributed by atoms with E-state index in [2.05, 4.69) is 10.3 Å². The van der Waals surface area contributed by atoms with Crippen molar-refractivity contribution in [1.29, 1.82) is 0 Å². The molecule has 0 saturated heterocycles. The Bertz CT molecular complexity index is 430. The molecule has 74 valence electrons. The van der Waals surface area contributed by atoms with Gasteiger partial charge in [0.1, 0.15) is 11.6 Å². The van der Waals surface area contributed by atoms with Gasteiger partial charge in [-0.2, -0.15) is 5.10 Å². The predicted molar refractivity (Wildman–Crippen MR) is 52.6 cm³/mol. The molecule has 0 bridgehead atoms. The van der Waals surface area contributed by atoms with Crippen LogP contribution < -0.4 is 5.73 Å². The van der Waals surface area contributed by atoms with Crippen LogP contribution in [0, 0.1) is 13.8 Å². The molecule has 2 N–H and O–H groups in total. The van der Waals surface area contributed by atoms with Crippen LogP contribution in [0.1, 0.15) is 11.5 Å². The number of nitrogens with two attached hydrogens (primary N) is 1. The summed E-state index contributed by atoms with van der Waals surface area (Å²) in [5.41, 5.74) is 8.26. The van der Waals surface area contributed by atoms with E-state index in [1.165, 1.54) is 0 Å². The maximum atomic E-state index is 5.70. The van der Waals surface area contributed by atoms with Crippen LogP contribution >= 0.6 is 0 Å². The van der Waals surface area contributed by atoms with E-state index >= 15 is 0 Å². The molecule has 2 rings (SSSR count). The second-order valence-electron chi connectivity index (χ2n) is 3.28. The van der Waals surface area contributed by atoms with Crippen molar-refractivity contribution in [2.24, 2.45) is 7.05 Å². The Hall–Kier alpha value is -1.78. The number of nitrogens with zero attached hydrogens (tertiary/aromatic N) is 3. The molecule has 0 aliphatic rings. The predicted octanol–water partition coefficient (Wildman–Crippen LogP) is 1.27. The number of anilines is 1. The maximum Gasteiger partial charge on any atom is 0.143 e. The van der Waals surface area contributed by atoms with Crippen molar-refractivity contribution in [3.8, 4) is 11.3 Å². The molecule has 0 saturated carbocycles. The Morgan fingerprint density at radius 1 is 1.43 bits per heavy atom. The van der Waals surface area contributed by atoms with Crippen molar-refractivity contribution in [3.05, 3.63) is 17.5 Å². The summed E-state index contributed by atoms with van der Waals surface area (Å²) in [5, 5.41) is 8.13. The normalized spacial score (nSPS) is 10.8. The summed E-state index contributed by atoms with van der Waals surface area (Å²) >= 11 is 0. The Balaban J connectivity index is 2.59. The van der Waals surface area contributed by atoms with Crippen molar-refractivity contribution in [1.82, 2.24) is 14.9 Å². The van der Waals surface area contributed by atoms with Crippen LogP contribution in [0.5, 0.6) is 0 Å². The Kier molecular flexibility index (Phi) is 1.80. The van der Waals surface area contributed by atoms with Gasteiger partial charge in [0.2, 0.25) is 0 Å². The summed E-state index contributed by atoms with van der Waals surface area (Å²) in [6.45, 7) is 3.75. The molecule has 0 aromatic carbocycles. The van der Waals surface area contributed by atoms with E-state index in [1.807, 2.05) is 19.9 Å². The van der Waals surface area contributed by atoms with Gasteiger partial charge in [-0.3, -0.25) is 4.68 Å². The Morgan fingerprint density at radius 3 is 2.57 bits per heavy atom. The molecule has 0 aliphatic heterocycles. The van der Waals surface area contributed by atoms with E-state index in [1.54, 1.807) is 11.7 Å². The van der Waals surface area contributed by atoms with Crippen LogP contribution in [-0.2, 0) is 7.05 Å². The second kappa shape index (κ2) is 2.87. The molecule has 2 aromatic heterocycles. The lowest BCUT2D eigenvalue weighted by molar-refractivity contribution is 0.393. The van der Waals surface area contributed by atoms with Crippen LogP contribution in [0.3, 0.4) is 0 Å². The van der Waals surface area contributed by atoms with E-state index in [0.29, 0.717) is 5.82 Å². The van der Waals surface area contributed by atoms with E-state index in [4.69, 9.17) is 10.3 Å². The Labute approximate surface area is 81.5 Å². The summed E-state index contributed by atoms with van der Waals surface area (Å²) < 4.78 is 6.68. The minimum absolute atomic E-state index is 0.625. The molecule has 0 amide bonds. The second-order valence-corrected chi connectivity index (χ2v) is 3.28. The third kappa shape index (κ3) is 1.17. The third-order valence-corrected chi connectivity index (χ3v) is 2.21. The Morgan fingerprint density at radius 2 is 2.14 bits per heavy atom. The lowest BCUT2D eigenvalue weighted by Gasteiger charge is -1.92. The lowest BCUT2D eigenvalue weighted by atomic mass is 10.1. The van der Waals surface area contributed by atoms with Gasteiger partial charge >= 0.3 is 0 Å². The fourth-order valence-corrected chi connectivity index (χ4v) is 1.45. The molecule has 0 fully saturated rings. The fraction of sp³-hybridized carbons (Fsp3) is 0.333. The smallest absolute Gasteiger partial charge is 0.143 e. The number of hydrogen-bond acceptors (Lipinski definition) is 4. The highest BCUT2D eigenvalue weighted by Crippen LogP contribution is 2.26. The van der Waals surface area contributed by atoms with E-state index < -0.39 is 0 Å². The summed E-state index contributed by atoms with van der Waals surface area (Å²) in [6.07, 6.45) is 0. The summed E-state index contributed by atoms with van der Waals surface area (Å²) in [4.78, 5) is 0. The van der Waals surface area contributed by atoms with Gasteiger partial charge in [-0.25, -0.2) is 0 Å². The van der Waals surface area contributed by atoms with Crippen molar-refractivity contribution < 1.29 is 4.52 Å². The monoisotopic (exact) mass is 192 g/mol. The largest absolute Gasteiger partial charge is 0.384 e. The van der Waals surface area contributed by atoms with E-state index in [0.717, 1.165) is 22.7 Å². The molecule has 5 nitrogen and oxygen atoms in total. The first-order valence-corrected chi connectivity index (χ1v) is 4.32. The molecule has 2 aromatic rings. The molecule has 0 spiro atoms. The van der Waals surface area contributed by atoms with Crippen LogP contribution in [0.25, 0.3) is 11.3 Å². The summed E-state index contributed by atoms with van der Waals surface area (Å²) in [6, 6.07) is 1.81. The van der Waals surface area contributed by atoms with Crippen molar-refractivity contribution >= 4 is 5.82 Å².